The van der Waals surface area contributed by atoms with E-state index in [-0.39, 0.29) is 28.1 Å². The molecule has 1 aromatic carbocycles. The monoisotopic (exact) mass is 306 g/mol. The number of halogens is 3. The van der Waals surface area contributed by atoms with E-state index in [1.54, 1.807) is 0 Å². The second kappa shape index (κ2) is 6.07. The van der Waals surface area contributed by atoms with E-state index in [0.29, 0.717) is 0 Å². The quantitative estimate of drug-likeness (QED) is 0.839. The number of rotatable bonds is 4. The van der Waals surface area contributed by atoms with Crippen LogP contribution in [-0.4, -0.2) is 18.0 Å². The number of nitrogens with one attached hydrogen (secondary N) is 1. The van der Waals surface area contributed by atoms with Gasteiger partial charge in [0.2, 0.25) is 0 Å². The van der Waals surface area contributed by atoms with Gasteiger partial charge in [-0.1, -0.05) is 37.0 Å². The zero-order chi connectivity index (χ0) is 14.8. The van der Waals surface area contributed by atoms with Crippen LogP contribution in [0.25, 0.3) is 0 Å². The summed E-state index contributed by atoms with van der Waals surface area (Å²) in [6, 6.07) is 2.24. The van der Waals surface area contributed by atoms with E-state index >= 15 is 0 Å². The Morgan fingerprint density at radius 3 is 2.47 bits per heavy atom. The topological polar surface area (TPSA) is 55.1 Å². The Kier molecular flexibility index (Phi) is 5.18. The van der Waals surface area contributed by atoms with Crippen molar-refractivity contribution in [2.24, 2.45) is 11.7 Å². The molecule has 0 saturated carbocycles. The highest BCUT2D eigenvalue weighted by molar-refractivity contribution is 6.36. The van der Waals surface area contributed by atoms with Gasteiger partial charge in [-0.3, -0.25) is 4.79 Å². The van der Waals surface area contributed by atoms with Gasteiger partial charge in [-0.15, -0.1) is 0 Å². The molecule has 1 aromatic rings. The first-order chi connectivity index (χ1) is 8.71. The molecule has 3 nitrogen and oxygen atoms in total. The Hall–Kier alpha value is -0.840. The van der Waals surface area contributed by atoms with Crippen molar-refractivity contribution in [1.29, 1.82) is 0 Å². The number of amides is 1. The summed E-state index contributed by atoms with van der Waals surface area (Å²) in [5.41, 5.74) is 5.14. The van der Waals surface area contributed by atoms with E-state index in [1.807, 2.05) is 20.8 Å². The van der Waals surface area contributed by atoms with Crippen molar-refractivity contribution in [3.63, 3.8) is 0 Å². The van der Waals surface area contributed by atoms with E-state index < -0.39 is 17.3 Å². The molecule has 0 heterocycles. The van der Waals surface area contributed by atoms with Crippen molar-refractivity contribution >= 4 is 29.1 Å². The first-order valence-electron chi connectivity index (χ1n) is 5.88. The van der Waals surface area contributed by atoms with Gasteiger partial charge in [0.1, 0.15) is 5.82 Å². The van der Waals surface area contributed by atoms with Crippen LogP contribution in [0.3, 0.4) is 0 Å². The lowest BCUT2D eigenvalue weighted by Crippen LogP contribution is -2.55. The van der Waals surface area contributed by atoms with Crippen molar-refractivity contribution in [1.82, 2.24) is 5.32 Å². The van der Waals surface area contributed by atoms with E-state index in [1.165, 1.54) is 6.07 Å². The maximum atomic E-state index is 13.4. The maximum Gasteiger partial charge on any atom is 0.253 e. The fourth-order valence-corrected chi connectivity index (χ4v) is 1.92. The molecule has 1 amide bonds. The molecule has 1 rings (SSSR count). The maximum absolute atomic E-state index is 13.4. The lowest BCUT2D eigenvalue weighted by atomic mass is 9.88. The Labute approximate surface area is 122 Å². The third-order valence-corrected chi connectivity index (χ3v) is 3.95. The number of hydrogen-bond donors (Lipinski definition) is 2. The third kappa shape index (κ3) is 3.59. The fourth-order valence-electron chi connectivity index (χ4n) is 1.45. The Morgan fingerprint density at radius 2 is 2.00 bits per heavy atom. The highest BCUT2D eigenvalue weighted by atomic mass is 35.5. The molecule has 0 spiro atoms. The molecule has 0 aliphatic carbocycles. The van der Waals surface area contributed by atoms with Crippen LogP contribution < -0.4 is 11.1 Å². The van der Waals surface area contributed by atoms with E-state index in [9.17, 15) is 9.18 Å². The predicted molar refractivity (Wildman–Crippen MR) is 76.2 cm³/mol. The van der Waals surface area contributed by atoms with Gasteiger partial charge in [0.25, 0.3) is 5.91 Å². The highest BCUT2D eigenvalue weighted by Crippen LogP contribution is 2.25. The molecule has 0 saturated heterocycles. The van der Waals surface area contributed by atoms with Gasteiger partial charge in [0.05, 0.1) is 21.1 Å². The summed E-state index contributed by atoms with van der Waals surface area (Å²) in [6.07, 6.45) is 0. The SMILES string of the molecule is CC(C)C(C)(CN)NC(=O)c1cc(F)c(Cl)cc1Cl. The summed E-state index contributed by atoms with van der Waals surface area (Å²) in [5.74, 6) is -1.03. The van der Waals surface area contributed by atoms with Crippen LogP contribution in [0.4, 0.5) is 4.39 Å². The van der Waals surface area contributed by atoms with Crippen LogP contribution in [0.1, 0.15) is 31.1 Å². The van der Waals surface area contributed by atoms with Crippen LogP contribution in [0, 0.1) is 11.7 Å². The zero-order valence-electron chi connectivity index (χ0n) is 11.1. The van der Waals surface area contributed by atoms with Crippen molar-refractivity contribution in [2.45, 2.75) is 26.3 Å². The number of carbonyl (C=O) groups is 1. The number of benzene rings is 1. The number of nitrogens with two attached hydrogens (primary N) is 1. The van der Waals surface area contributed by atoms with Gasteiger partial charge in [-0.05, 0) is 25.0 Å². The number of carbonyl (C=O) groups excluding carboxylic acids is 1. The molecule has 19 heavy (non-hydrogen) atoms. The molecule has 0 fully saturated rings. The molecule has 6 heteroatoms. The molecule has 106 valence electrons. The summed E-state index contributed by atoms with van der Waals surface area (Å²) in [6.45, 7) is 5.98. The van der Waals surface area contributed by atoms with Crippen molar-refractivity contribution in [3.05, 3.63) is 33.6 Å². The molecular formula is C13H17Cl2FN2O. The van der Waals surface area contributed by atoms with Gasteiger partial charge in [0.15, 0.2) is 0 Å². The minimum Gasteiger partial charge on any atom is -0.345 e. The summed E-state index contributed by atoms with van der Waals surface area (Å²) in [5, 5.41) is 2.77. The van der Waals surface area contributed by atoms with Gasteiger partial charge in [-0.25, -0.2) is 4.39 Å². The largest absolute Gasteiger partial charge is 0.345 e. The summed E-state index contributed by atoms with van der Waals surface area (Å²) < 4.78 is 13.4. The van der Waals surface area contributed by atoms with Crippen LogP contribution >= 0.6 is 23.2 Å². The van der Waals surface area contributed by atoms with Crippen molar-refractivity contribution in [3.8, 4) is 0 Å². The summed E-state index contributed by atoms with van der Waals surface area (Å²) in [4.78, 5) is 12.1. The van der Waals surface area contributed by atoms with E-state index in [0.717, 1.165) is 6.07 Å². The average Bonchev–Trinajstić information content (AvgIpc) is 2.33. The molecule has 0 aromatic heterocycles. The second-order valence-electron chi connectivity index (χ2n) is 4.98. The van der Waals surface area contributed by atoms with E-state index in [2.05, 4.69) is 5.32 Å². The zero-order valence-corrected chi connectivity index (χ0v) is 12.6. The first-order valence-corrected chi connectivity index (χ1v) is 6.64. The molecule has 1 unspecified atom stereocenters. The molecule has 0 bridgehead atoms. The second-order valence-corrected chi connectivity index (χ2v) is 5.79. The van der Waals surface area contributed by atoms with Gasteiger partial charge in [0, 0.05) is 6.54 Å². The predicted octanol–water partition coefficient (Wildman–Crippen LogP) is 3.24. The smallest absolute Gasteiger partial charge is 0.253 e. The number of hydrogen-bond acceptors (Lipinski definition) is 2. The van der Waals surface area contributed by atoms with Crippen LogP contribution in [-0.2, 0) is 0 Å². The highest BCUT2D eigenvalue weighted by Gasteiger charge is 2.29. The van der Waals surface area contributed by atoms with Gasteiger partial charge >= 0.3 is 0 Å². The molecule has 1 atom stereocenters. The van der Waals surface area contributed by atoms with Crippen molar-refractivity contribution in [2.75, 3.05) is 6.54 Å². The minimum absolute atomic E-state index is 0.0453. The lowest BCUT2D eigenvalue weighted by molar-refractivity contribution is 0.0883. The average molecular weight is 307 g/mol. The first kappa shape index (κ1) is 16.2. The van der Waals surface area contributed by atoms with Crippen LogP contribution in [0.2, 0.25) is 10.0 Å². The molecule has 0 aliphatic rings. The fraction of sp³-hybridized carbons (Fsp3) is 0.462. The Bertz CT molecular complexity index is 494. The normalized spacial score (nSPS) is 14.3. The van der Waals surface area contributed by atoms with Crippen molar-refractivity contribution < 1.29 is 9.18 Å². The third-order valence-electron chi connectivity index (χ3n) is 3.35. The lowest BCUT2D eigenvalue weighted by Gasteiger charge is -2.33. The molecule has 0 aliphatic heterocycles. The van der Waals surface area contributed by atoms with Crippen LogP contribution in [0.5, 0.6) is 0 Å². The van der Waals surface area contributed by atoms with E-state index in [4.69, 9.17) is 28.9 Å². The standard InChI is InChI=1S/C13H17Cl2FN2O/c1-7(2)13(3,6-17)18-12(19)8-4-11(16)10(15)5-9(8)14/h4-5,7H,6,17H2,1-3H3,(H,18,19). The minimum atomic E-state index is -0.685. The van der Waals surface area contributed by atoms with Crippen LogP contribution in [0.15, 0.2) is 12.1 Å². The van der Waals surface area contributed by atoms with Gasteiger partial charge in [-0.2, -0.15) is 0 Å². The molecule has 0 radical (unpaired) electrons. The Morgan fingerprint density at radius 1 is 1.42 bits per heavy atom. The molecular weight excluding hydrogens is 290 g/mol. The van der Waals surface area contributed by atoms with Gasteiger partial charge < -0.3 is 11.1 Å². The Balaban J connectivity index is 3.05. The molecule has 3 N–H and O–H groups in total. The summed E-state index contributed by atoms with van der Waals surface area (Å²) >= 11 is 11.5. The summed E-state index contributed by atoms with van der Waals surface area (Å²) in [7, 11) is 0.